The first-order valence-corrected chi connectivity index (χ1v) is 5.67. The van der Waals surface area contributed by atoms with Crippen LogP contribution in [0.2, 0.25) is 0 Å². The molecule has 17 heavy (non-hydrogen) atoms. The largest absolute Gasteiger partial charge is 0.488 e. The van der Waals surface area contributed by atoms with E-state index in [4.69, 9.17) is 20.5 Å². The van der Waals surface area contributed by atoms with Gasteiger partial charge in [-0.2, -0.15) is 5.26 Å². The highest BCUT2D eigenvalue weighted by molar-refractivity contribution is 5.51. The lowest BCUT2D eigenvalue weighted by Crippen LogP contribution is -2.19. The van der Waals surface area contributed by atoms with Crippen LogP contribution in [0, 0.1) is 11.3 Å². The molecule has 0 bridgehead atoms. The number of rotatable bonds is 6. The normalized spacial score (nSPS) is 11.8. The maximum absolute atomic E-state index is 8.67. The van der Waals surface area contributed by atoms with Crippen LogP contribution in [-0.4, -0.2) is 19.3 Å². The molecule has 0 aliphatic heterocycles. The lowest BCUT2D eigenvalue weighted by atomic mass is 10.1. The van der Waals surface area contributed by atoms with Crippen molar-refractivity contribution in [2.45, 2.75) is 26.4 Å². The van der Waals surface area contributed by atoms with E-state index in [1.807, 2.05) is 13.8 Å². The van der Waals surface area contributed by atoms with Gasteiger partial charge in [-0.15, -0.1) is 0 Å². The summed E-state index contributed by atoms with van der Waals surface area (Å²) in [7, 11) is 0. The smallest absolute Gasteiger partial charge is 0.120 e. The molecule has 4 nitrogen and oxygen atoms in total. The number of ether oxygens (including phenoxy) is 2. The number of nitrogens with zero attached hydrogens (tertiary/aromatic N) is 1. The predicted octanol–water partition coefficient (Wildman–Crippen LogP) is 2.14. The van der Waals surface area contributed by atoms with E-state index in [9.17, 15) is 0 Å². The van der Waals surface area contributed by atoms with Crippen molar-refractivity contribution < 1.29 is 9.47 Å². The van der Waals surface area contributed by atoms with Crippen molar-refractivity contribution in [1.82, 2.24) is 0 Å². The van der Waals surface area contributed by atoms with E-state index in [1.54, 1.807) is 18.2 Å². The zero-order valence-electron chi connectivity index (χ0n) is 10.3. The molecule has 0 fully saturated rings. The maximum atomic E-state index is 8.67. The summed E-state index contributed by atoms with van der Waals surface area (Å²) < 4.78 is 10.9. The minimum atomic E-state index is -0.0199. The van der Waals surface area contributed by atoms with Crippen LogP contribution in [0.1, 0.15) is 19.4 Å². The maximum Gasteiger partial charge on any atom is 0.120 e. The van der Waals surface area contributed by atoms with Gasteiger partial charge in [-0.05, 0) is 37.6 Å². The van der Waals surface area contributed by atoms with E-state index in [2.05, 4.69) is 6.07 Å². The van der Waals surface area contributed by atoms with Crippen LogP contribution in [0.15, 0.2) is 18.2 Å². The van der Waals surface area contributed by atoms with Gasteiger partial charge in [0.05, 0.1) is 19.1 Å². The Labute approximate surface area is 102 Å². The minimum absolute atomic E-state index is 0.0199. The molecular weight excluding hydrogens is 216 g/mol. The van der Waals surface area contributed by atoms with E-state index in [1.165, 1.54) is 0 Å². The summed E-state index contributed by atoms with van der Waals surface area (Å²) in [5, 5.41) is 8.67. The van der Waals surface area contributed by atoms with Crippen LogP contribution in [0.5, 0.6) is 5.75 Å². The van der Waals surface area contributed by atoms with Gasteiger partial charge in [0.2, 0.25) is 0 Å². The molecule has 0 amide bonds. The average molecular weight is 234 g/mol. The molecule has 0 spiro atoms. The summed E-state index contributed by atoms with van der Waals surface area (Å²) in [6.07, 6.45) is 0.275. The molecule has 1 aromatic rings. The summed E-state index contributed by atoms with van der Waals surface area (Å²) in [6.45, 7) is 5.11. The Hall–Kier alpha value is -1.73. The fourth-order valence-corrected chi connectivity index (χ4v) is 1.44. The van der Waals surface area contributed by atoms with Crippen molar-refractivity contribution in [2.24, 2.45) is 0 Å². The van der Waals surface area contributed by atoms with Crippen molar-refractivity contribution in [3.05, 3.63) is 23.8 Å². The first-order valence-electron chi connectivity index (χ1n) is 5.67. The van der Waals surface area contributed by atoms with Crippen LogP contribution < -0.4 is 10.5 Å². The molecule has 0 radical (unpaired) electrons. The Morgan fingerprint density at radius 2 is 2.24 bits per heavy atom. The highest BCUT2D eigenvalue weighted by atomic mass is 16.5. The molecule has 1 aromatic carbocycles. The van der Waals surface area contributed by atoms with Crippen molar-refractivity contribution in [3.63, 3.8) is 0 Å². The van der Waals surface area contributed by atoms with Gasteiger partial charge in [0, 0.05) is 12.3 Å². The third-order valence-corrected chi connectivity index (χ3v) is 2.28. The number of hydrogen-bond donors (Lipinski definition) is 1. The quantitative estimate of drug-likeness (QED) is 0.766. The van der Waals surface area contributed by atoms with E-state index in [-0.39, 0.29) is 6.10 Å². The summed E-state index contributed by atoms with van der Waals surface area (Å²) >= 11 is 0. The summed E-state index contributed by atoms with van der Waals surface area (Å²) in [6, 6.07) is 7.45. The monoisotopic (exact) mass is 234 g/mol. The number of anilines is 1. The molecule has 1 unspecified atom stereocenters. The summed E-state index contributed by atoms with van der Waals surface area (Å²) in [5.74, 6) is 0.719. The Bertz CT molecular complexity index is 399. The van der Waals surface area contributed by atoms with Gasteiger partial charge in [-0.1, -0.05) is 0 Å². The highest BCUT2D eigenvalue weighted by Crippen LogP contribution is 2.21. The summed E-state index contributed by atoms with van der Waals surface area (Å²) in [4.78, 5) is 0. The number of nitrogens with two attached hydrogens (primary N) is 1. The second kappa shape index (κ2) is 6.77. The lowest BCUT2D eigenvalue weighted by Gasteiger charge is -2.15. The zero-order chi connectivity index (χ0) is 12.7. The van der Waals surface area contributed by atoms with E-state index >= 15 is 0 Å². The Balaban J connectivity index is 2.65. The van der Waals surface area contributed by atoms with Crippen LogP contribution in [0.3, 0.4) is 0 Å². The predicted molar refractivity (Wildman–Crippen MR) is 66.8 cm³/mol. The zero-order valence-corrected chi connectivity index (χ0v) is 10.3. The lowest BCUT2D eigenvalue weighted by molar-refractivity contribution is 0.0657. The topological polar surface area (TPSA) is 68.3 Å². The summed E-state index contributed by atoms with van der Waals surface area (Å²) in [5.41, 5.74) is 7.18. The Morgan fingerprint density at radius 3 is 2.88 bits per heavy atom. The van der Waals surface area contributed by atoms with Crippen molar-refractivity contribution in [3.8, 4) is 11.8 Å². The standard InChI is InChI=1S/C13H18N2O2/c1-3-16-9-10(2)17-12-4-5-13(15)11(8-12)6-7-14/h4-5,8,10H,3,6,9,15H2,1-2H3. The van der Waals surface area contributed by atoms with Gasteiger partial charge >= 0.3 is 0 Å². The molecule has 1 rings (SSSR count). The minimum Gasteiger partial charge on any atom is -0.488 e. The molecule has 0 saturated carbocycles. The van der Waals surface area contributed by atoms with Crippen molar-refractivity contribution in [1.29, 1.82) is 5.26 Å². The molecular formula is C13H18N2O2. The SMILES string of the molecule is CCOCC(C)Oc1ccc(N)c(CC#N)c1. The van der Waals surface area contributed by atoms with E-state index < -0.39 is 0 Å². The molecule has 1 atom stereocenters. The van der Waals surface area contributed by atoms with Gasteiger partial charge in [-0.25, -0.2) is 0 Å². The molecule has 92 valence electrons. The average Bonchev–Trinajstić information content (AvgIpc) is 2.31. The van der Waals surface area contributed by atoms with Crippen LogP contribution in [0.4, 0.5) is 5.69 Å². The first kappa shape index (κ1) is 13.3. The van der Waals surface area contributed by atoms with Gasteiger partial charge in [0.25, 0.3) is 0 Å². The molecule has 0 aliphatic rings. The van der Waals surface area contributed by atoms with Gasteiger partial charge < -0.3 is 15.2 Å². The fraction of sp³-hybridized carbons (Fsp3) is 0.462. The third-order valence-electron chi connectivity index (χ3n) is 2.28. The van der Waals surface area contributed by atoms with Crippen LogP contribution in [0.25, 0.3) is 0 Å². The first-order chi connectivity index (χ1) is 8.17. The van der Waals surface area contributed by atoms with Crippen LogP contribution >= 0.6 is 0 Å². The van der Waals surface area contributed by atoms with E-state index in [0.29, 0.717) is 25.3 Å². The fourth-order valence-electron chi connectivity index (χ4n) is 1.44. The molecule has 2 N–H and O–H groups in total. The van der Waals surface area contributed by atoms with Crippen molar-refractivity contribution in [2.75, 3.05) is 18.9 Å². The number of benzene rings is 1. The second-order valence-electron chi connectivity index (χ2n) is 3.78. The van der Waals surface area contributed by atoms with E-state index in [0.717, 1.165) is 11.3 Å². The van der Waals surface area contributed by atoms with Crippen molar-refractivity contribution >= 4 is 5.69 Å². The Morgan fingerprint density at radius 1 is 1.47 bits per heavy atom. The third kappa shape index (κ3) is 4.33. The molecule has 4 heteroatoms. The molecule has 0 aromatic heterocycles. The number of nitriles is 1. The Kier molecular flexibility index (Phi) is 5.31. The van der Waals surface area contributed by atoms with Gasteiger partial charge in [0.15, 0.2) is 0 Å². The molecule has 0 heterocycles. The molecule has 0 aliphatic carbocycles. The van der Waals surface area contributed by atoms with Crippen LogP contribution in [-0.2, 0) is 11.2 Å². The van der Waals surface area contributed by atoms with Gasteiger partial charge in [-0.3, -0.25) is 0 Å². The number of hydrogen-bond acceptors (Lipinski definition) is 4. The second-order valence-corrected chi connectivity index (χ2v) is 3.78. The highest BCUT2D eigenvalue weighted by Gasteiger charge is 2.06. The number of nitrogen functional groups attached to an aromatic ring is 1. The van der Waals surface area contributed by atoms with Gasteiger partial charge in [0.1, 0.15) is 11.9 Å². The molecule has 0 saturated heterocycles.